The number of aromatic nitrogens is 1. The second-order valence-electron chi connectivity index (χ2n) is 7.09. The zero-order valence-electron chi connectivity index (χ0n) is 16.0. The summed E-state index contributed by atoms with van der Waals surface area (Å²) in [7, 11) is 0. The minimum Gasteiger partial charge on any atom is -0.397 e. The van der Waals surface area contributed by atoms with Crippen molar-refractivity contribution in [3.05, 3.63) is 40.3 Å². The fourth-order valence-corrected chi connectivity index (χ4v) is 4.58. The number of benzene rings is 1. The van der Waals surface area contributed by atoms with E-state index in [1.807, 2.05) is 31.2 Å². The topological polar surface area (TPSA) is 127 Å². The van der Waals surface area contributed by atoms with E-state index in [-0.39, 0.29) is 23.4 Å². The lowest BCUT2D eigenvalue weighted by Crippen LogP contribution is -2.31. The highest BCUT2D eigenvalue weighted by Gasteiger charge is 2.25. The van der Waals surface area contributed by atoms with Crippen LogP contribution in [0.1, 0.15) is 33.6 Å². The van der Waals surface area contributed by atoms with Gasteiger partial charge in [-0.25, -0.2) is 4.98 Å². The van der Waals surface area contributed by atoms with Crippen molar-refractivity contribution in [2.75, 3.05) is 24.6 Å². The molecule has 1 fully saturated rings. The van der Waals surface area contributed by atoms with Crippen LogP contribution in [0.15, 0.2) is 24.3 Å². The second kappa shape index (κ2) is 7.70. The summed E-state index contributed by atoms with van der Waals surface area (Å²) in [5.74, 6) is -0.143. The number of rotatable bonds is 4. The molecule has 0 aliphatic carbocycles. The first-order chi connectivity index (χ1) is 14.0. The monoisotopic (exact) mass is 407 g/mol. The number of amides is 1. The van der Waals surface area contributed by atoms with Crippen LogP contribution in [0.25, 0.3) is 21.3 Å². The van der Waals surface area contributed by atoms with Crippen LogP contribution >= 0.6 is 11.3 Å². The van der Waals surface area contributed by atoms with Gasteiger partial charge < -0.3 is 21.5 Å². The molecule has 1 aromatic carbocycles. The van der Waals surface area contributed by atoms with E-state index in [4.69, 9.17) is 16.2 Å². The van der Waals surface area contributed by atoms with Crippen molar-refractivity contribution in [1.29, 1.82) is 5.26 Å². The van der Waals surface area contributed by atoms with E-state index in [0.29, 0.717) is 32.9 Å². The van der Waals surface area contributed by atoms with Gasteiger partial charge in [-0.2, -0.15) is 5.26 Å². The summed E-state index contributed by atoms with van der Waals surface area (Å²) >= 11 is 1.18. The molecular formula is C21H21N5O2S. The van der Waals surface area contributed by atoms with Gasteiger partial charge in [-0.3, -0.25) is 4.79 Å². The quantitative estimate of drug-likeness (QED) is 0.609. The molecule has 0 saturated carbocycles. The highest BCUT2D eigenvalue weighted by molar-refractivity contribution is 7.21. The molecule has 1 amide bonds. The highest BCUT2D eigenvalue weighted by Crippen LogP contribution is 2.42. The number of fused-ring (bicyclic) bond motifs is 1. The summed E-state index contributed by atoms with van der Waals surface area (Å²) < 4.78 is 5.55. The van der Waals surface area contributed by atoms with Crippen LogP contribution in [0.2, 0.25) is 0 Å². The summed E-state index contributed by atoms with van der Waals surface area (Å²) in [5.41, 5.74) is 15.5. The van der Waals surface area contributed by atoms with Crippen molar-refractivity contribution in [2.45, 2.75) is 25.9 Å². The third kappa shape index (κ3) is 3.50. The molecular weight excluding hydrogens is 386 g/mol. The van der Waals surface area contributed by atoms with Gasteiger partial charge in [0.05, 0.1) is 11.8 Å². The molecule has 2 aromatic heterocycles. The van der Waals surface area contributed by atoms with Gasteiger partial charge in [-0.15, -0.1) is 11.3 Å². The Morgan fingerprint density at radius 3 is 2.79 bits per heavy atom. The minimum absolute atomic E-state index is 0.0385. The van der Waals surface area contributed by atoms with Gasteiger partial charge in [0.2, 0.25) is 0 Å². The first kappa shape index (κ1) is 19.2. The average molecular weight is 407 g/mol. The molecule has 8 heteroatoms. The first-order valence-corrected chi connectivity index (χ1v) is 10.2. The van der Waals surface area contributed by atoms with Gasteiger partial charge >= 0.3 is 0 Å². The third-order valence-electron chi connectivity index (χ3n) is 5.08. The molecule has 3 aromatic rings. The number of aryl methyl sites for hydroxylation is 1. The van der Waals surface area contributed by atoms with Gasteiger partial charge in [-0.1, -0.05) is 29.8 Å². The normalized spacial score (nSPS) is 16.1. The Bertz CT molecular complexity index is 1120. The van der Waals surface area contributed by atoms with Crippen LogP contribution in [0.4, 0.5) is 11.5 Å². The van der Waals surface area contributed by atoms with E-state index < -0.39 is 0 Å². The van der Waals surface area contributed by atoms with Crippen LogP contribution in [-0.2, 0) is 4.74 Å². The molecule has 29 heavy (non-hydrogen) atoms. The van der Waals surface area contributed by atoms with Gasteiger partial charge in [0.15, 0.2) is 0 Å². The first-order valence-electron chi connectivity index (χ1n) is 9.38. The Morgan fingerprint density at radius 1 is 1.38 bits per heavy atom. The number of nitriles is 1. The lowest BCUT2D eigenvalue weighted by atomic mass is 9.96. The largest absolute Gasteiger partial charge is 0.397 e. The number of pyridine rings is 1. The number of thiophene rings is 1. The summed E-state index contributed by atoms with van der Waals surface area (Å²) in [5, 5.41) is 13.2. The zero-order valence-corrected chi connectivity index (χ0v) is 16.8. The molecule has 1 aliphatic rings. The number of ether oxygens (including phenoxy) is 1. The van der Waals surface area contributed by atoms with Crippen molar-refractivity contribution in [3.8, 4) is 17.2 Å². The standard InChI is InChI=1S/C21H21N5O2S/c1-11-4-6-12(7-5-11)15-14(9-22)19(24)26-21-16(15)17(23)18(29-21)20(27)25-10-13-3-2-8-28-13/h4-7,13H,2-3,8,10,23H2,1H3,(H2,24,26)(H,25,27). The maximum atomic E-state index is 12.8. The second-order valence-corrected chi connectivity index (χ2v) is 8.09. The molecule has 0 radical (unpaired) electrons. The molecule has 1 saturated heterocycles. The van der Waals surface area contributed by atoms with Gasteiger partial charge in [-0.05, 0) is 25.3 Å². The Labute approximate surface area is 172 Å². The van der Waals surface area contributed by atoms with Gasteiger partial charge in [0.25, 0.3) is 5.91 Å². The molecule has 0 bridgehead atoms. The molecule has 4 rings (SSSR count). The number of hydrogen-bond donors (Lipinski definition) is 3. The number of hydrogen-bond acceptors (Lipinski definition) is 7. The fourth-order valence-electron chi connectivity index (χ4n) is 3.55. The number of anilines is 2. The number of nitrogens with two attached hydrogens (primary N) is 2. The van der Waals surface area contributed by atoms with Crippen LogP contribution < -0.4 is 16.8 Å². The Hall–Kier alpha value is -3.15. The van der Waals surface area contributed by atoms with Crippen molar-refractivity contribution in [2.24, 2.45) is 0 Å². The molecule has 1 atom stereocenters. The van der Waals surface area contributed by atoms with E-state index in [9.17, 15) is 10.1 Å². The third-order valence-corrected chi connectivity index (χ3v) is 6.18. The van der Waals surface area contributed by atoms with E-state index in [1.54, 1.807) is 0 Å². The molecule has 1 unspecified atom stereocenters. The van der Waals surface area contributed by atoms with Crippen LogP contribution in [-0.4, -0.2) is 30.1 Å². The maximum Gasteiger partial charge on any atom is 0.263 e. The van der Waals surface area contributed by atoms with E-state index in [0.717, 1.165) is 30.6 Å². The lowest BCUT2D eigenvalue weighted by molar-refractivity contribution is 0.0862. The van der Waals surface area contributed by atoms with Crippen molar-refractivity contribution >= 4 is 39.0 Å². The van der Waals surface area contributed by atoms with Crippen LogP contribution in [0.5, 0.6) is 0 Å². The molecule has 7 nitrogen and oxygen atoms in total. The Balaban J connectivity index is 1.80. The summed E-state index contributed by atoms with van der Waals surface area (Å²) in [4.78, 5) is 18.0. The van der Waals surface area contributed by atoms with E-state index >= 15 is 0 Å². The van der Waals surface area contributed by atoms with Gasteiger partial charge in [0, 0.05) is 24.1 Å². The number of nitrogens with zero attached hydrogens (tertiary/aromatic N) is 2. The number of nitrogens with one attached hydrogen (secondary N) is 1. The van der Waals surface area contributed by atoms with Crippen LogP contribution in [0, 0.1) is 18.3 Å². The number of nitrogen functional groups attached to an aromatic ring is 2. The summed E-state index contributed by atoms with van der Waals surface area (Å²) in [6.07, 6.45) is 1.98. The minimum atomic E-state index is -0.270. The number of carbonyl (C=O) groups is 1. The van der Waals surface area contributed by atoms with E-state index in [1.165, 1.54) is 11.3 Å². The SMILES string of the molecule is Cc1ccc(-c2c(C#N)c(N)nc3sc(C(=O)NCC4CCCO4)c(N)c23)cc1. The Morgan fingerprint density at radius 2 is 2.14 bits per heavy atom. The lowest BCUT2D eigenvalue weighted by Gasteiger charge is -2.11. The maximum absolute atomic E-state index is 12.8. The number of carbonyl (C=O) groups excluding carboxylic acids is 1. The Kier molecular flexibility index (Phi) is 5.09. The summed E-state index contributed by atoms with van der Waals surface area (Å²) in [6, 6.07) is 9.88. The zero-order chi connectivity index (χ0) is 20.5. The van der Waals surface area contributed by atoms with Crippen LogP contribution in [0.3, 0.4) is 0 Å². The van der Waals surface area contributed by atoms with Crippen molar-refractivity contribution in [3.63, 3.8) is 0 Å². The average Bonchev–Trinajstić information content (AvgIpc) is 3.34. The highest BCUT2D eigenvalue weighted by atomic mass is 32.1. The molecule has 5 N–H and O–H groups in total. The fraction of sp³-hybridized carbons (Fsp3) is 0.286. The smallest absolute Gasteiger partial charge is 0.263 e. The molecule has 1 aliphatic heterocycles. The molecule has 3 heterocycles. The summed E-state index contributed by atoms with van der Waals surface area (Å²) in [6.45, 7) is 3.16. The predicted octanol–water partition coefficient (Wildman–Crippen LogP) is 3.22. The van der Waals surface area contributed by atoms with Crippen molar-refractivity contribution in [1.82, 2.24) is 10.3 Å². The predicted molar refractivity (Wildman–Crippen MR) is 115 cm³/mol. The molecule has 148 valence electrons. The van der Waals surface area contributed by atoms with E-state index in [2.05, 4.69) is 16.4 Å². The molecule has 0 spiro atoms. The van der Waals surface area contributed by atoms with Gasteiger partial charge in [0.1, 0.15) is 27.2 Å². The van der Waals surface area contributed by atoms with Crippen molar-refractivity contribution < 1.29 is 9.53 Å².